The number of nitrogens with zero attached hydrogens (tertiary/aromatic N) is 1. The van der Waals surface area contributed by atoms with Crippen LogP contribution < -0.4 is 0 Å². The van der Waals surface area contributed by atoms with E-state index in [2.05, 4.69) is 0 Å². The molecule has 5 heteroatoms. The van der Waals surface area contributed by atoms with Crippen LogP contribution in [0.5, 0.6) is 5.75 Å². The van der Waals surface area contributed by atoms with Gasteiger partial charge < -0.3 is 15.1 Å². The molecule has 1 aliphatic rings. The molecule has 2 rings (SSSR count). The number of carboxylic acid groups (broad SMARTS) is 1. The summed E-state index contributed by atoms with van der Waals surface area (Å²) in [5.41, 5.74) is 0.810. The van der Waals surface area contributed by atoms with Gasteiger partial charge in [-0.2, -0.15) is 0 Å². The minimum absolute atomic E-state index is 0.134. The number of aromatic hydroxyl groups is 1. The monoisotopic (exact) mass is 235 g/mol. The molecule has 1 saturated heterocycles. The van der Waals surface area contributed by atoms with Crippen molar-refractivity contribution < 1.29 is 19.8 Å². The molecule has 1 aromatic carbocycles. The van der Waals surface area contributed by atoms with Crippen molar-refractivity contribution in [3.05, 3.63) is 29.8 Å². The van der Waals surface area contributed by atoms with Crippen LogP contribution in [0.1, 0.15) is 18.4 Å². The highest BCUT2D eigenvalue weighted by Gasteiger charge is 2.35. The van der Waals surface area contributed by atoms with Crippen LogP contribution in [-0.2, 0) is 16.1 Å². The first-order valence-electron chi connectivity index (χ1n) is 5.38. The summed E-state index contributed by atoms with van der Waals surface area (Å²) in [6.07, 6.45) is 0.654. The van der Waals surface area contributed by atoms with Gasteiger partial charge in [0.05, 0.1) is 0 Å². The van der Waals surface area contributed by atoms with E-state index < -0.39 is 12.0 Å². The Labute approximate surface area is 98.3 Å². The minimum atomic E-state index is -0.963. The van der Waals surface area contributed by atoms with Gasteiger partial charge in [-0.1, -0.05) is 12.1 Å². The van der Waals surface area contributed by atoms with Crippen LogP contribution in [-0.4, -0.2) is 33.0 Å². The molecule has 0 aromatic heterocycles. The number of likely N-dealkylation sites (tertiary alicyclic amines) is 1. The summed E-state index contributed by atoms with van der Waals surface area (Å²) in [5.74, 6) is -0.948. The molecule has 0 saturated carbocycles. The average molecular weight is 235 g/mol. The second-order valence-electron chi connectivity index (χ2n) is 4.08. The summed E-state index contributed by atoms with van der Waals surface area (Å²) in [7, 11) is 0. The van der Waals surface area contributed by atoms with Crippen LogP contribution in [0.2, 0.25) is 0 Å². The van der Waals surface area contributed by atoms with Crippen molar-refractivity contribution in [2.24, 2.45) is 0 Å². The molecule has 0 unspecified atom stereocenters. The molecule has 1 aromatic rings. The maximum atomic E-state index is 11.6. The summed E-state index contributed by atoms with van der Waals surface area (Å²) in [4.78, 5) is 23.9. The average Bonchev–Trinajstić information content (AvgIpc) is 2.64. The fourth-order valence-corrected chi connectivity index (χ4v) is 1.99. The van der Waals surface area contributed by atoms with E-state index in [4.69, 9.17) is 10.2 Å². The number of aliphatic carboxylic acids is 1. The van der Waals surface area contributed by atoms with Crippen LogP contribution in [0, 0.1) is 0 Å². The highest BCUT2D eigenvalue weighted by Crippen LogP contribution is 2.22. The van der Waals surface area contributed by atoms with E-state index in [1.165, 1.54) is 17.0 Å². The van der Waals surface area contributed by atoms with Gasteiger partial charge in [-0.3, -0.25) is 4.79 Å². The van der Waals surface area contributed by atoms with Crippen molar-refractivity contribution in [2.75, 3.05) is 0 Å². The standard InChI is InChI=1S/C12H13NO4/c14-9-3-1-8(2-4-9)7-13-10(12(16)17)5-6-11(13)15/h1-4,10,14H,5-7H2,(H,16,17)/t10-/m1/s1. The molecule has 0 spiro atoms. The number of hydrogen-bond donors (Lipinski definition) is 2. The zero-order valence-electron chi connectivity index (χ0n) is 9.17. The quantitative estimate of drug-likeness (QED) is 0.818. The molecule has 2 N–H and O–H groups in total. The molecule has 17 heavy (non-hydrogen) atoms. The SMILES string of the molecule is O=C(O)[C@H]1CCC(=O)N1Cc1ccc(O)cc1. The number of phenols is 1. The third-order valence-electron chi connectivity index (χ3n) is 2.90. The molecule has 90 valence electrons. The lowest BCUT2D eigenvalue weighted by atomic mass is 10.2. The smallest absolute Gasteiger partial charge is 0.326 e. The fourth-order valence-electron chi connectivity index (χ4n) is 1.99. The van der Waals surface area contributed by atoms with Gasteiger partial charge in [-0.25, -0.2) is 4.79 Å². The molecule has 1 fully saturated rings. The van der Waals surface area contributed by atoms with Crippen molar-refractivity contribution in [3.63, 3.8) is 0 Å². The van der Waals surface area contributed by atoms with Crippen molar-refractivity contribution in [1.29, 1.82) is 0 Å². The maximum Gasteiger partial charge on any atom is 0.326 e. The van der Waals surface area contributed by atoms with Gasteiger partial charge in [0, 0.05) is 13.0 Å². The first-order chi connectivity index (χ1) is 8.08. The topological polar surface area (TPSA) is 77.8 Å². The van der Waals surface area contributed by atoms with E-state index >= 15 is 0 Å². The highest BCUT2D eigenvalue weighted by molar-refractivity contribution is 5.87. The van der Waals surface area contributed by atoms with Crippen molar-refractivity contribution in [2.45, 2.75) is 25.4 Å². The number of carbonyl (C=O) groups is 2. The molecule has 1 amide bonds. The molecule has 0 bridgehead atoms. The van der Waals surface area contributed by atoms with Crippen molar-refractivity contribution >= 4 is 11.9 Å². The predicted molar refractivity (Wildman–Crippen MR) is 59.3 cm³/mol. The number of phenolic OH excluding ortho intramolecular Hbond substituents is 1. The van der Waals surface area contributed by atoms with Crippen molar-refractivity contribution in [1.82, 2.24) is 4.90 Å². The highest BCUT2D eigenvalue weighted by atomic mass is 16.4. The van der Waals surface area contributed by atoms with Crippen LogP contribution in [0.25, 0.3) is 0 Å². The fraction of sp³-hybridized carbons (Fsp3) is 0.333. The van der Waals surface area contributed by atoms with Gasteiger partial charge in [-0.15, -0.1) is 0 Å². The zero-order valence-corrected chi connectivity index (χ0v) is 9.17. The van der Waals surface area contributed by atoms with Crippen molar-refractivity contribution in [3.8, 4) is 5.75 Å². The summed E-state index contributed by atoms with van der Waals surface area (Å²) < 4.78 is 0. The molecule has 1 atom stereocenters. The Balaban J connectivity index is 2.13. The van der Waals surface area contributed by atoms with E-state index in [-0.39, 0.29) is 24.6 Å². The van der Waals surface area contributed by atoms with Gasteiger partial charge in [0.2, 0.25) is 5.91 Å². The van der Waals surface area contributed by atoms with E-state index in [1.807, 2.05) is 0 Å². The van der Waals surface area contributed by atoms with Crippen LogP contribution in [0.4, 0.5) is 0 Å². The Morgan fingerprint density at radius 1 is 1.35 bits per heavy atom. The minimum Gasteiger partial charge on any atom is -0.508 e. The molecule has 1 heterocycles. The molecule has 0 radical (unpaired) electrons. The summed E-state index contributed by atoms with van der Waals surface area (Å²) >= 11 is 0. The number of rotatable bonds is 3. The predicted octanol–water partition coefficient (Wildman–Crippen LogP) is 0.968. The van der Waals surface area contributed by atoms with Gasteiger partial charge in [0.25, 0.3) is 0 Å². The lowest BCUT2D eigenvalue weighted by Gasteiger charge is -2.21. The number of amides is 1. The lowest BCUT2D eigenvalue weighted by Crippen LogP contribution is -2.37. The van der Waals surface area contributed by atoms with Crippen LogP contribution in [0.3, 0.4) is 0 Å². The number of carbonyl (C=O) groups excluding carboxylic acids is 1. The molecule has 0 aliphatic carbocycles. The first kappa shape index (κ1) is 11.4. The third kappa shape index (κ3) is 2.38. The first-order valence-corrected chi connectivity index (χ1v) is 5.38. The molecular formula is C12H13NO4. The van der Waals surface area contributed by atoms with Gasteiger partial charge in [0.1, 0.15) is 11.8 Å². The Morgan fingerprint density at radius 3 is 2.59 bits per heavy atom. The number of carboxylic acids is 1. The summed E-state index contributed by atoms with van der Waals surface area (Å²) in [6.45, 7) is 0.274. The lowest BCUT2D eigenvalue weighted by molar-refractivity contribution is -0.146. The third-order valence-corrected chi connectivity index (χ3v) is 2.90. The van der Waals surface area contributed by atoms with E-state index in [0.29, 0.717) is 6.42 Å². The number of hydrogen-bond acceptors (Lipinski definition) is 3. The molecule has 5 nitrogen and oxygen atoms in total. The molecular weight excluding hydrogens is 222 g/mol. The Morgan fingerprint density at radius 2 is 2.00 bits per heavy atom. The summed E-state index contributed by atoms with van der Waals surface area (Å²) in [5, 5.41) is 18.1. The van der Waals surface area contributed by atoms with Gasteiger partial charge in [-0.05, 0) is 24.1 Å². The number of benzene rings is 1. The Hall–Kier alpha value is -2.04. The van der Waals surface area contributed by atoms with E-state index in [0.717, 1.165) is 5.56 Å². The van der Waals surface area contributed by atoms with E-state index in [1.54, 1.807) is 12.1 Å². The molecule has 1 aliphatic heterocycles. The largest absolute Gasteiger partial charge is 0.508 e. The second kappa shape index (κ2) is 4.45. The Kier molecular flexibility index (Phi) is 2.99. The van der Waals surface area contributed by atoms with Crippen LogP contribution in [0.15, 0.2) is 24.3 Å². The normalized spacial score (nSPS) is 19.6. The van der Waals surface area contributed by atoms with Gasteiger partial charge in [0.15, 0.2) is 0 Å². The second-order valence-corrected chi connectivity index (χ2v) is 4.08. The Bertz CT molecular complexity index is 440. The van der Waals surface area contributed by atoms with Gasteiger partial charge >= 0.3 is 5.97 Å². The summed E-state index contributed by atoms with van der Waals surface area (Å²) in [6, 6.07) is 5.67. The zero-order chi connectivity index (χ0) is 12.4. The van der Waals surface area contributed by atoms with Crippen LogP contribution >= 0.6 is 0 Å². The van der Waals surface area contributed by atoms with E-state index in [9.17, 15) is 9.59 Å². The maximum absolute atomic E-state index is 11.6.